The van der Waals surface area contributed by atoms with Gasteiger partial charge in [-0.05, 0) is 5.56 Å². The highest BCUT2D eigenvalue weighted by atomic mass is 16.7. The summed E-state index contributed by atoms with van der Waals surface area (Å²) in [4.78, 5) is 0. The average molecular weight is 446 g/mol. The third-order valence-corrected chi connectivity index (χ3v) is 5.74. The molecule has 2 aliphatic rings. The molecule has 0 spiro atoms. The fourth-order valence-corrected chi connectivity index (χ4v) is 3.89. The van der Waals surface area contributed by atoms with Crippen LogP contribution in [0.5, 0.6) is 0 Å². The summed E-state index contributed by atoms with van der Waals surface area (Å²) < 4.78 is 16.4. The van der Waals surface area contributed by atoms with Crippen molar-refractivity contribution in [2.75, 3.05) is 13.2 Å². The zero-order valence-electron chi connectivity index (χ0n) is 16.7. The highest BCUT2D eigenvalue weighted by Gasteiger charge is 2.50. The molecule has 1 aromatic carbocycles. The molecule has 8 N–H and O–H groups in total. The van der Waals surface area contributed by atoms with E-state index in [-0.39, 0.29) is 6.42 Å². The standard InChI is InChI=1S/C20H30O11/c21-7-12-15(25)16(26)18(28)20(30-12)31-19-13(8-22)29-11(14(24)17(19)27)6-10(23)9-4-2-1-3-5-9/h1-5,10-28H,6-8H2/t10?,11-,12+,13+,14-,15-,16-,17+,18+,19+,20-/m0/s1. The molecule has 1 aromatic rings. The van der Waals surface area contributed by atoms with Gasteiger partial charge in [0.2, 0.25) is 0 Å². The molecule has 176 valence electrons. The second-order valence-electron chi connectivity index (χ2n) is 7.84. The van der Waals surface area contributed by atoms with Crippen molar-refractivity contribution in [2.45, 2.75) is 73.8 Å². The van der Waals surface area contributed by atoms with Gasteiger partial charge in [0.15, 0.2) is 6.29 Å². The average Bonchev–Trinajstić information content (AvgIpc) is 2.79. The van der Waals surface area contributed by atoms with Crippen LogP contribution in [0, 0.1) is 0 Å². The lowest BCUT2D eigenvalue weighted by Crippen LogP contribution is -2.64. The first kappa shape index (κ1) is 24.4. The largest absolute Gasteiger partial charge is 0.394 e. The first-order valence-corrected chi connectivity index (χ1v) is 10.1. The van der Waals surface area contributed by atoms with Crippen molar-refractivity contribution in [2.24, 2.45) is 0 Å². The van der Waals surface area contributed by atoms with Gasteiger partial charge in [-0.3, -0.25) is 0 Å². The minimum absolute atomic E-state index is 0.0640. The van der Waals surface area contributed by atoms with Gasteiger partial charge in [0.05, 0.1) is 25.4 Å². The summed E-state index contributed by atoms with van der Waals surface area (Å²) in [5.74, 6) is 0. The monoisotopic (exact) mass is 446 g/mol. The van der Waals surface area contributed by atoms with E-state index < -0.39 is 80.5 Å². The first-order chi connectivity index (χ1) is 14.8. The summed E-state index contributed by atoms with van der Waals surface area (Å²) in [5.41, 5.74) is 0.591. The molecule has 31 heavy (non-hydrogen) atoms. The molecule has 3 rings (SSSR count). The molecule has 2 saturated heterocycles. The Morgan fingerprint density at radius 3 is 1.97 bits per heavy atom. The minimum Gasteiger partial charge on any atom is -0.394 e. The third-order valence-electron chi connectivity index (χ3n) is 5.74. The first-order valence-electron chi connectivity index (χ1n) is 10.1. The van der Waals surface area contributed by atoms with Crippen molar-refractivity contribution in [3.05, 3.63) is 35.9 Å². The molecule has 11 atom stereocenters. The second kappa shape index (κ2) is 10.6. The molecule has 0 saturated carbocycles. The van der Waals surface area contributed by atoms with Gasteiger partial charge in [-0.25, -0.2) is 0 Å². The number of aliphatic hydroxyl groups excluding tert-OH is 8. The van der Waals surface area contributed by atoms with E-state index in [9.17, 15) is 40.9 Å². The summed E-state index contributed by atoms with van der Waals surface area (Å²) in [6.45, 7) is -1.29. The van der Waals surface area contributed by atoms with E-state index >= 15 is 0 Å². The summed E-state index contributed by atoms with van der Waals surface area (Å²) in [5, 5.41) is 80.4. The molecule has 1 unspecified atom stereocenters. The van der Waals surface area contributed by atoms with E-state index in [0.29, 0.717) is 5.56 Å². The quantitative estimate of drug-likeness (QED) is 0.210. The van der Waals surface area contributed by atoms with Gasteiger partial charge in [0, 0.05) is 6.42 Å². The van der Waals surface area contributed by atoms with Gasteiger partial charge in [0.25, 0.3) is 0 Å². The molecule has 0 amide bonds. The molecule has 2 aliphatic heterocycles. The van der Waals surface area contributed by atoms with Gasteiger partial charge in [-0.1, -0.05) is 30.3 Å². The van der Waals surface area contributed by atoms with Crippen LogP contribution in [0.3, 0.4) is 0 Å². The Balaban J connectivity index is 1.69. The lowest BCUT2D eigenvalue weighted by Gasteiger charge is -2.46. The molecule has 0 aromatic heterocycles. The number of hydrogen-bond acceptors (Lipinski definition) is 11. The predicted octanol–water partition coefficient (Wildman–Crippen LogP) is -3.22. The zero-order valence-corrected chi connectivity index (χ0v) is 16.7. The van der Waals surface area contributed by atoms with Crippen LogP contribution >= 0.6 is 0 Å². The van der Waals surface area contributed by atoms with E-state index in [2.05, 4.69) is 0 Å². The van der Waals surface area contributed by atoms with Gasteiger partial charge in [0.1, 0.15) is 48.8 Å². The van der Waals surface area contributed by atoms with E-state index in [1.54, 1.807) is 30.3 Å². The van der Waals surface area contributed by atoms with Crippen LogP contribution in [0.4, 0.5) is 0 Å². The van der Waals surface area contributed by atoms with Crippen LogP contribution in [0.1, 0.15) is 18.1 Å². The zero-order chi connectivity index (χ0) is 22.7. The van der Waals surface area contributed by atoms with Gasteiger partial charge in [-0.15, -0.1) is 0 Å². The maximum Gasteiger partial charge on any atom is 0.187 e. The molecule has 0 bridgehead atoms. The fraction of sp³-hybridized carbons (Fsp3) is 0.700. The van der Waals surface area contributed by atoms with Crippen molar-refractivity contribution < 1.29 is 55.1 Å². The van der Waals surface area contributed by atoms with Crippen LogP contribution in [0.15, 0.2) is 30.3 Å². The van der Waals surface area contributed by atoms with E-state index in [0.717, 1.165) is 0 Å². The summed E-state index contributed by atoms with van der Waals surface area (Å²) in [6, 6.07) is 8.67. The molecular formula is C20H30O11. The lowest BCUT2D eigenvalue weighted by atomic mass is 9.90. The third kappa shape index (κ3) is 5.24. The minimum atomic E-state index is -1.72. The molecule has 0 aliphatic carbocycles. The summed E-state index contributed by atoms with van der Waals surface area (Å²) in [7, 11) is 0. The Morgan fingerprint density at radius 1 is 0.742 bits per heavy atom. The lowest BCUT2D eigenvalue weighted by molar-refractivity contribution is -0.342. The van der Waals surface area contributed by atoms with Crippen LogP contribution in [-0.4, -0.2) is 115 Å². The molecule has 0 radical (unpaired) electrons. The SMILES string of the molecule is OC[C@H]1O[C@@H](O[C@H]2[C@H](O)[C@@H](O)[C@H](CC(O)c3ccccc3)O[C@@H]2CO)[C@H](O)[C@@H](O)[C@H]1O. The maximum absolute atomic E-state index is 10.6. The highest BCUT2D eigenvalue weighted by Crippen LogP contribution is 2.32. The molecular weight excluding hydrogens is 416 g/mol. The van der Waals surface area contributed by atoms with Crippen molar-refractivity contribution >= 4 is 0 Å². The van der Waals surface area contributed by atoms with Crippen LogP contribution < -0.4 is 0 Å². The Hall–Kier alpha value is -1.22. The van der Waals surface area contributed by atoms with E-state index in [1.807, 2.05) is 0 Å². The Kier molecular flexibility index (Phi) is 8.35. The van der Waals surface area contributed by atoms with Crippen molar-refractivity contribution in [1.82, 2.24) is 0 Å². The van der Waals surface area contributed by atoms with Crippen molar-refractivity contribution in [3.63, 3.8) is 0 Å². The van der Waals surface area contributed by atoms with Crippen molar-refractivity contribution in [1.29, 1.82) is 0 Å². The fourth-order valence-electron chi connectivity index (χ4n) is 3.89. The molecule has 2 fully saturated rings. The topological polar surface area (TPSA) is 190 Å². The van der Waals surface area contributed by atoms with Gasteiger partial charge < -0.3 is 55.1 Å². The summed E-state index contributed by atoms with van der Waals surface area (Å²) >= 11 is 0. The number of rotatable bonds is 7. The Morgan fingerprint density at radius 2 is 1.35 bits per heavy atom. The molecule has 2 heterocycles. The Bertz CT molecular complexity index is 672. The van der Waals surface area contributed by atoms with Gasteiger partial charge in [-0.2, -0.15) is 0 Å². The van der Waals surface area contributed by atoms with E-state index in [4.69, 9.17) is 14.2 Å². The van der Waals surface area contributed by atoms with Crippen LogP contribution in [0.2, 0.25) is 0 Å². The second-order valence-corrected chi connectivity index (χ2v) is 7.84. The normalized spacial score (nSPS) is 42.3. The smallest absolute Gasteiger partial charge is 0.187 e. The molecule has 11 nitrogen and oxygen atoms in total. The Labute approximate surface area is 178 Å². The highest BCUT2D eigenvalue weighted by molar-refractivity contribution is 5.17. The molecule has 11 heteroatoms. The maximum atomic E-state index is 10.6. The van der Waals surface area contributed by atoms with Crippen molar-refractivity contribution in [3.8, 4) is 0 Å². The van der Waals surface area contributed by atoms with Gasteiger partial charge >= 0.3 is 0 Å². The number of ether oxygens (including phenoxy) is 3. The predicted molar refractivity (Wildman–Crippen MR) is 102 cm³/mol. The van der Waals surface area contributed by atoms with Crippen LogP contribution in [0.25, 0.3) is 0 Å². The number of aliphatic hydroxyl groups is 8. The van der Waals surface area contributed by atoms with E-state index in [1.165, 1.54) is 0 Å². The van der Waals surface area contributed by atoms with Crippen LogP contribution in [-0.2, 0) is 14.2 Å². The summed E-state index contributed by atoms with van der Waals surface area (Å²) in [6.07, 6.45) is -15.5. The number of benzene rings is 1. The number of hydrogen-bond donors (Lipinski definition) is 8.